The Kier molecular flexibility index (Phi) is 5.88. The molecule has 0 radical (unpaired) electrons. The molecule has 1 aromatic rings. The highest BCUT2D eigenvalue weighted by molar-refractivity contribution is 5.42. The summed E-state index contributed by atoms with van der Waals surface area (Å²) in [5.74, 6) is 1.43. The highest BCUT2D eigenvalue weighted by Gasteiger charge is 2.22. The van der Waals surface area contributed by atoms with Gasteiger partial charge in [-0.1, -0.05) is 12.8 Å². The summed E-state index contributed by atoms with van der Waals surface area (Å²) in [6.07, 6.45) is 4.48. The summed E-state index contributed by atoms with van der Waals surface area (Å²) in [6, 6.07) is 6.12. The van der Waals surface area contributed by atoms with E-state index in [2.05, 4.69) is 11.8 Å². The van der Waals surface area contributed by atoms with Crippen molar-refractivity contribution in [2.75, 3.05) is 27.3 Å². The van der Waals surface area contributed by atoms with Gasteiger partial charge in [-0.05, 0) is 38.4 Å². The third-order valence-corrected chi connectivity index (χ3v) is 4.40. The minimum Gasteiger partial charge on any atom is -0.497 e. The van der Waals surface area contributed by atoms with Crippen molar-refractivity contribution in [3.05, 3.63) is 23.8 Å². The van der Waals surface area contributed by atoms with E-state index in [1.54, 1.807) is 14.2 Å². The van der Waals surface area contributed by atoms with Crippen molar-refractivity contribution < 1.29 is 14.6 Å². The predicted molar refractivity (Wildman–Crippen MR) is 84.0 cm³/mol. The lowest BCUT2D eigenvalue weighted by Crippen LogP contribution is -2.36. The first-order valence-corrected chi connectivity index (χ1v) is 7.79. The molecule has 2 rings (SSSR count). The van der Waals surface area contributed by atoms with Crippen LogP contribution >= 0.6 is 0 Å². The first kappa shape index (κ1) is 16.1. The van der Waals surface area contributed by atoms with Crippen LogP contribution in [0.25, 0.3) is 0 Å². The maximum Gasteiger partial charge on any atom is 0.128 e. The highest BCUT2D eigenvalue weighted by Crippen LogP contribution is 2.30. The van der Waals surface area contributed by atoms with E-state index in [1.165, 1.54) is 25.7 Å². The van der Waals surface area contributed by atoms with Crippen molar-refractivity contribution in [1.82, 2.24) is 4.90 Å². The fraction of sp³-hybridized carbons (Fsp3) is 0.647. The van der Waals surface area contributed by atoms with E-state index in [0.717, 1.165) is 17.9 Å². The summed E-state index contributed by atoms with van der Waals surface area (Å²) in [7, 11) is 3.25. The Morgan fingerprint density at radius 1 is 1.24 bits per heavy atom. The summed E-state index contributed by atoms with van der Waals surface area (Å²) < 4.78 is 10.6. The van der Waals surface area contributed by atoms with Gasteiger partial charge in [-0.3, -0.25) is 4.90 Å². The molecule has 0 saturated carbocycles. The first-order valence-electron chi connectivity index (χ1n) is 7.79. The van der Waals surface area contributed by atoms with E-state index in [1.807, 2.05) is 18.2 Å². The third-order valence-electron chi connectivity index (χ3n) is 4.40. The molecule has 2 unspecified atom stereocenters. The molecule has 0 bridgehead atoms. The Labute approximate surface area is 127 Å². The van der Waals surface area contributed by atoms with E-state index < -0.39 is 6.10 Å². The SMILES string of the molecule is COc1ccc(C(O)CN2CCCCCC2C)c(OC)c1. The molecule has 1 saturated heterocycles. The number of β-amino-alcohol motifs (C(OH)–C–C–N with tert-alkyl or cyclic N) is 1. The molecule has 1 fully saturated rings. The zero-order valence-electron chi connectivity index (χ0n) is 13.3. The van der Waals surface area contributed by atoms with Gasteiger partial charge in [-0.15, -0.1) is 0 Å². The molecule has 4 nitrogen and oxygen atoms in total. The van der Waals surface area contributed by atoms with Crippen molar-refractivity contribution in [3.8, 4) is 11.5 Å². The van der Waals surface area contributed by atoms with Gasteiger partial charge in [-0.2, -0.15) is 0 Å². The Hall–Kier alpha value is -1.26. The number of rotatable bonds is 5. The normalized spacial score (nSPS) is 21.6. The Balaban J connectivity index is 2.10. The zero-order chi connectivity index (χ0) is 15.2. The van der Waals surface area contributed by atoms with Crippen LogP contribution in [0.1, 0.15) is 44.3 Å². The van der Waals surface area contributed by atoms with Crippen LogP contribution in [0.2, 0.25) is 0 Å². The van der Waals surface area contributed by atoms with Gasteiger partial charge in [0.25, 0.3) is 0 Å². The van der Waals surface area contributed by atoms with Crippen LogP contribution in [0.5, 0.6) is 11.5 Å². The summed E-state index contributed by atoms with van der Waals surface area (Å²) in [6.45, 7) is 3.98. The van der Waals surface area contributed by atoms with Crippen LogP contribution in [0.15, 0.2) is 18.2 Å². The lowest BCUT2D eigenvalue weighted by atomic mass is 10.1. The van der Waals surface area contributed by atoms with Gasteiger partial charge in [0.15, 0.2) is 0 Å². The van der Waals surface area contributed by atoms with Crippen molar-refractivity contribution in [3.63, 3.8) is 0 Å². The maximum absolute atomic E-state index is 10.6. The minimum atomic E-state index is -0.536. The molecular weight excluding hydrogens is 266 g/mol. The van der Waals surface area contributed by atoms with Gasteiger partial charge in [-0.25, -0.2) is 0 Å². The Bertz CT molecular complexity index is 450. The summed E-state index contributed by atoms with van der Waals surface area (Å²) >= 11 is 0. The molecule has 118 valence electrons. The number of aliphatic hydroxyl groups excluding tert-OH is 1. The van der Waals surface area contributed by atoms with Gasteiger partial charge in [0.1, 0.15) is 11.5 Å². The Morgan fingerprint density at radius 2 is 2.05 bits per heavy atom. The lowest BCUT2D eigenvalue weighted by Gasteiger charge is -2.29. The molecule has 1 aromatic carbocycles. The second-order valence-electron chi connectivity index (χ2n) is 5.82. The fourth-order valence-corrected chi connectivity index (χ4v) is 3.02. The standard InChI is InChI=1S/C17H27NO3/c1-13-7-5-4-6-10-18(13)12-16(19)15-9-8-14(20-2)11-17(15)21-3/h8-9,11,13,16,19H,4-7,10,12H2,1-3H3. The van der Waals surface area contributed by atoms with E-state index >= 15 is 0 Å². The van der Waals surface area contributed by atoms with Crippen LogP contribution in [0.3, 0.4) is 0 Å². The molecule has 0 spiro atoms. The monoisotopic (exact) mass is 293 g/mol. The van der Waals surface area contributed by atoms with Gasteiger partial charge in [0, 0.05) is 24.2 Å². The second-order valence-corrected chi connectivity index (χ2v) is 5.82. The van der Waals surface area contributed by atoms with E-state index in [9.17, 15) is 5.11 Å². The Morgan fingerprint density at radius 3 is 2.76 bits per heavy atom. The number of methoxy groups -OCH3 is 2. The smallest absolute Gasteiger partial charge is 0.128 e. The molecule has 1 heterocycles. The van der Waals surface area contributed by atoms with E-state index in [-0.39, 0.29) is 0 Å². The number of ether oxygens (including phenoxy) is 2. The van der Waals surface area contributed by atoms with Gasteiger partial charge >= 0.3 is 0 Å². The molecular formula is C17H27NO3. The number of likely N-dealkylation sites (tertiary alicyclic amines) is 1. The van der Waals surface area contributed by atoms with Crippen molar-refractivity contribution in [2.24, 2.45) is 0 Å². The average Bonchev–Trinajstić information content (AvgIpc) is 2.71. The quantitative estimate of drug-likeness (QED) is 0.906. The number of hydrogen-bond acceptors (Lipinski definition) is 4. The maximum atomic E-state index is 10.6. The molecule has 0 aromatic heterocycles. The van der Waals surface area contributed by atoms with Crippen molar-refractivity contribution in [2.45, 2.75) is 44.8 Å². The van der Waals surface area contributed by atoms with Gasteiger partial charge in [0.05, 0.1) is 20.3 Å². The number of nitrogens with zero attached hydrogens (tertiary/aromatic N) is 1. The van der Waals surface area contributed by atoms with E-state index in [0.29, 0.717) is 18.3 Å². The highest BCUT2D eigenvalue weighted by atomic mass is 16.5. The third kappa shape index (κ3) is 4.11. The number of benzene rings is 1. The molecule has 1 aliphatic heterocycles. The van der Waals surface area contributed by atoms with Gasteiger partial charge in [0.2, 0.25) is 0 Å². The fourth-order valence-electron chi connectivity index (χ4n) is 3.02. The molecule has 4 heteroatoms. The van der Waals surface area contributed by atoms with E-state index in [4.69, 9.17) is 9.47 Å². The number of aliphatic hydroxyl groups is 1. The summed E-state index contributed by atoms with van der Waals surface area (Å²) in [5, 5.41) is 10.6. The number of hydrogen-bond donors (Lipinski definition) is 1. The van der Waals surface area contributed by atoms with Crippen LogP contribution in [-0.4, -0.2) is 43.4 Å². The summed E-state index contributed by atoms with van der Waals surface area (Å²) in [5.41, 5.74) is 0.828. The van der Waals surface area contributed by atoms with Crippen LogP contribution in [0.4, 0.5) is 0 Å². The first-order chi connectivity index (χ1) is 10.2. The van der Waals surface area contributed by atoms with Crippen molar-refractivity contribution in [1.29, 1.82) is 0 Å². The molecule has 0 amide bonds. The summed E-state index contributed by atoms with van der Waals surface area (Å²) in [4.78, 5) is 2.39. The predicted octanol–water partition coefficient (Wildman–Crippen LogP) is 3.00. The van der Waals surface area contributed by atoms with Crippen LogP contribution in [-0.2, 0) is 0 Å². The zero-order valence-corrected chi connectivity index (χ0v) is 13.3. The molecule has 2 atom stereocenters. The lowest BCUT2D eigenvalue weighted by molar-refractivity contribution is 0.0909. The van der Waals surface area contributed by atoms with Crippen molar-refractivity contribution >= 4 is 0 Å². The molecule has 0 aliphatic carbocycles. The largest absolute Gasteiger partial charge is 0.497 e. The molecule has 1 N–H and O–H groups in total. The minimum absolute atomic E-state index is 0.534. The average molecular weight is 293 g/mol. The van der Waals surface area contributed by atoms with Crippen LogP contribution < -0.4 is 9.47 Å². The molecule has 21 heavy (non-hydrogen) atoms. The topological polar surface area (TPSA) is 41.9 Å². The second kappa shape index (κ2) is 7.66. The molecule has 1 aliphatic rings. The van der Waals surface area contributed by atoms with Crippen LogP contribution in [0, 0.1) is 0 Å². The van der Waals surface area contributed by atoms with Gasteiger partial charge < -0.3 is 14.6 Å².